The first-order chi connectivity index (χ1) is 9.70. The van der Waals surface area contributed by atoms with Crippen LogP contribution >= 0.6 is 0 Å². The van der Waals surface area contributed by atoms with Gasteiger partial charge in [-0.05, 0) is 6.07 Å². The molecule has 0 aliphatic carbocycles. The Morgan fingerprint density at radius 2 is 1.95 bits per heavy atom. The van der Waals surface area contributed by atoms with Gasteiger partial charge in [0.25, 0.3) is 0 Å². The lowest BCUT2D eigenvalue weighted by Gasteiger charge is -2.34. The van der Waals surface area contributed by atoms with Crippen LogP contribution in [0.1, 0.15) is 6.42 Å². The highest BCUT2D eigenvalue weighted by Crippen LogP contribution is 2.09. The maximum Gasteiger partial charge on any atom is 0.247 e. The Morgan fingerprint density at radius 1 is 1.30 bits per heavy atom. The van der Waals surface area contributed by atoms with E-state index < -0.39 is 0 Å². The number of hydroxylamine groups is 2. The number of rotatable bonds is 5. The van der Waals surface area contributed by atoms with Crippen LogP contribution in [0, 0.1) is 0 Å². The quantitative estimate of drug-likeness (QED) is 0.708. The van der Waals surface area contributed by atoms with E-state index in [0.29, 0.717) is 6.42 Å². The van der Waals surface area contributed by atoms with Crippen LogP contribution < -0.4 is 4.90 Å². The highest BCUT2D eigenvalue weighted by atomic mass is 16.7. The maximum atomic E-state index is 11.6. The van der Waals surface area contributed by atoms with Crippen molar-refractivity contribution in [3.8, 4) is 0 Å². The first-order valence-corrected chi connectivity index (χ1v) is 6.75. The molecule has 0 atom stereocenters. The Bertz CT molecular complexity index is 420. The monoisotopic (exact) mass is 279 g/mol. The van der Waals surface area contributed by atoms with Gasteiger partial charge >= 0.3 is 0 Å². The van der Waals surface area contributed by atoms with Crippen LogP contribution in [0.5, 0.6) is 0 Å². The van der Waals surface area contributed by atoms with Crippen LogP contribution in [-0.2, 0) is 9.63 Å². The molecule has 1 aliphatic rings. The van der Waals surface area contributed by atoms with Crippen molar-refractivity contribution in [1.82, 2.24) is 19.9 Å². The predicted octanol–water partition coefficient (Wildman–Crippen LogP) is 0.00850. The fourth-order valence-electron chi connectivity index (χ4n) is 2.14. The van der Waals surface area contributed by atoms with Gasteiger partial charge in [0.2, 0.25) is 11.9 Å². The molecule has 0 unspecified atom stereocenters. The fourth-order valence-corrected chi connectivity index (χ4v) is 2.14. The normalized spacial score (nSPS) is 16.2. The van der Waals surface area contributed by atoms with Gasteiger partial charge in [-0.15, -0.1) is 0 Å². The lowest BCUT2D eigenvalue weighted by atomic mass is 10.3. The number of aromatic nitrogens is 2. The summed E-state index contributed by atoms with van der Waals surface area (Å²) in [5.41, 5.74) is 0. The number of amides is 1. The topological polar surface area (TPSA) is 61.8 Å². The van der Waals surface area contributed by atoms with Crippen molar-refractivity contribution in [3.05, 3.63) is 18.5 Å². The second-order valence-corrected chi connectivity index (χ2v) is 4.70. The molecule has 1 aromatic heterocycles. The Balaban J connectivity index is 1.73. The Hall–Kier alpha value is -1.73. The number of hydrogen-bond donors (Lipinski definition) is 0. The van der Waals surface area contributed by atoms with E-state index in [1.54, 1.807) is 19.4 Å². The van der Waals surface area contributed by atoms with Crippen molar-refractivity contribution < 1.29 is 9.63 Å². The second kappa shape index (κ2) is 7.16. The van der Waals surface area contributed by atoms with E-state index in [1.807, 2.05) is 6.07 Å². The maximum absolute atomic E-state index is 11.6. The summed E-state index contributed by atoms with van der Waals surface area (Å²) in [6, 6.07) is 1.82. The molecular formula is C13H21N5O2. The summed E-state index contributed by atoms with van der Waals surface area (Å²) in [7, 11) is 3.13. The summed E-state index contributed by atoms with van der Waals surface area (Å²) in [6.07, 6.45) is 3.99. The van der Waals surface area contributed by atoms with Gasteiger partial charge in [-0.3, -0.25) is 14.5 Å². The molecule has 7 nitrogen and oxygen atoms in total. The summed E-state index contributed by atoms with van der Waals surface area (Å²) < 4.78 is 0. The van der Waals surface area contributed by atoms with Crippen LogP contribution in [0.25, 0.3) is 0 Å². The van der Waals surface area contributed by atoms with Crippen molar-refractivity contribution in [3.63, 3.8) is 0 Å². The summed E-state index contributed by atoms with van der Waals surface area (Å²) in [6.45, 7) is 4.37. The van der Waals surface area contributed by atoms with Gasteiger partial charge in [-0.1, -0.05) is 0 Å². The molecule has 20 heavy (non-hydrogen) atoms. The van der Waals surface area contributed by atoms with Crippen molar-refractivity contribution in [1.29, 1.82) is 0 Å². The fraction of sp³-hybridized carbons (Fsp3) is 0.615. The average Bonchev–Trinajstić information content (AvgIpc) is 2.53. The lowest BCUT2D eigenvalue weighted by Crippen LogP contribution is -2.47. The van der Waals surface area contributed by atoms with Gasteiger partial charge in [0, 0.05) is 58.6 Å². The van der Waals surface area contributed by atoms with Gasteiger partial charge in [-0.2, -0.15) is 0 Å². The van der Waals surface area contributed by atoms with Gasteiger partial charge < -0.3 is 4.90 Å². The standard InChI is InChI=1S/C13H21N5O2/c1-16(20-2)12(19)4-7-17-8-10-18(11-9-17)13-14-5-3-6-15-13/h3,5-6H,4,7-11H2,1-2H3. The molecule has 0 saturated carbocycles. The van der Waals surface area contributed by atoms with Crippen molar-refractivity contribution in [2.75, 3.05) is 51.8 Å². The molecule has 2 heterocycles. The molecule has 1 fully saturated rings. The zero-order valence-electron chi connectivity index (χ0n) is 12.0. The number of hydrogen-bond acceptors (Lipinski definition) is 6. The average molecular weight is 279 g/mol. The van der Waals surface area contributed by atoms with Gasteiger partial charge in [0.15, 0.2) is 0 Å². The summed E-state index contributed by atoms with van der Waals surface area (Å²) in [5, 5.41) is 1.27. The zero-order chi connectivity index (χ0) is 14.4. The summed E-state index contributed by atoms with van der Waals surface area (Å²) >= 11 is 0. The van der Waals surface area contributed by atoms with E-state index >= 15 is 0 Å². The van der Waals surface area contributed by atoms with E-state index in [2.05, 4.69) is 19.8 Å². The van der Waals surface area contributed by atoms with Crippen molar-refractivity contribution >= 4 is 11.9 Å². The lowest BCUT2D eigenvalue weighted by molar-refractivity contribution is -0.168. The predicted molar refractivity (Wildman–Crippen MR) is 75.1 cm³/mol. The molecule has 0 radical (unpaired) electrons. The largest absolute Gasteiger partial charge is 0.338 e. The second-order valence-electron chi connectivity index (χ2n) is 4.70. The minimum atomic E-state index is 0.00122. The van der Waals surface area contributed by atoms with E-state index in [0.717, 1.165) is 38.7 Å². The summed E-state index contributed by atoms with van der Waals surface area (Å²) in [4.78, 5) is 29.5. The first-order valence-electron chi connectivity index (χ1n) is 6.75. The Labute approximate surface area is 119 Å². The van der Waals surface area contributed by atoms with Crippen LogP contribution in [0.4, 0.5) is 5.95 Å². The molecule has 1 amide bonds. The SMILES string of the molecule is CON(C)C(=O)CCN1CCN(c2ncccn2)CC1. The summed E-state index contributed by atoms with van der Waals surface area (Å²) in [5.74, 6) is 0.781. The molecule has 0 aromatic carbocycles. The van der Waals surface area contributed by atoms with Crippen molar-refractivity contribution in [2.45, 2.75) is 6.42 Å². The van der Waals surface area contributed by atoms with Crippen LogP contribution in [0.3, 0.4) is 0 Å². The van der Waals surface area contributed by atoms with Gasteiger partial charge in [0.05, 0.1) is 7.11 Å². The molecule has 2 rings (SSSR count). The molecule has 0 bridgehead atoms. The van der Waals surface area contributed by atoms with E-state index in [-0.39, 0.29) is 5.91 Å². The van der Waals surface area contributed by atoms with Gasteiger partial charge in [0.1, 0.15) is 0 Å². The molecule has 1 aromatic rings. The molecule has 1 saturated heterocycles. The van der Waals surface area contributed by atoms with Crippen LogP contribution in [-0.4, -0.2) is 72.7 Å². The van der Waals surface area contributed by atoms with Crippen LogP contribution in [0.15, 0.2) is 18.5 Å². The smallest absolute Gasteiger partial charge is 0.247 e. The molecule has 7 heteroatoms. The molecular weight excluding hydrogens is 258 g/mol. The number of nitrogens with zero attached hydrogens (tertiary/aromatic N) is 5. The third-order valence-electron chi connectivity index (χ3n) is 3.47. The number of anilines is 1. The number of piperazine rings is 1. The van der Waals surface area contributed by atoms with Crippen molar-refractivity contribution in [2.24, 2.45) is 0 Å². The van der Waals surface area contributed by atoms with E-state index in [1.165, 1.54) is 12.2 Å². The number of carbonyl (C=O) groups excluding carboxylic acids is 1. The highest BCUT2D eigenvalue weighted by molar-refractivity contribution is 5.74. The molecule has 110 valence electrons. The molecule has 1 aliphatic heterocycles. The third kappa shape index (κ3) is 3.88. The molecule has 0 spiro atoms. The zero-order valence-corrected chi connectivity index (χ0v) is 12.0. The van der Waals surface area contributed by atoms with Crippen LogP contribution in [0.2, 0.25) is 0 Å². The Morgan fingerprint density at radius 3 is 2.55 bits per heavy atom. The Kier molecular flexibility index (Phi) is 5.25. The van der Waals surface area contributed by atoms with Gasteiger partial charge in [-0.25, -0.2) is 15.0 Å². The highest BCUT2D eigenvalue weighted by Gasteiger charge is 2.19. The van der Waals surface area contributed by atoms with E-state index in [9.17, 15) is 4.79 Å². The minimum Gasteiger partial charge on any atom is -0.338 e. The molecule has 0 N–H and O–H groups in total. The number of carbonyl (C=O) groups is 1. The van der Waals surface area contributed by atoms with E-state index in [4.69, 9.17) is 4.84 Å². The minimum absolute atomic E-state index is 0.00122. The first kappa shape index (κ1) is 14.7. The third-order valence-corrected chi connectivity index (χ3v) is 3.47.